The number of nitrogens with two attached hydrogens (primary N) is 1. The van der Waals surface area contributed by atoms with Crippen LogP contribution in [-0.4, -0.2) is 30.1 Å². The number of rotatable bonds is 2. The fourth-order valence-electron chi connectivity index (χ4n) is 1.70. The van der Waals surface area contributed by atoms with Crippen LogP contribution in [-0.2, 0) is 9.53 Å². The van der Waals surface area contributed by atoms with Crippen LogP contribution in [0.1, 0.15) is 5.56 Å². The Labute approximate surface area is 94.0 Å². The molecule has 3 N–H and O–H groups in total. The molecule has 86 valence electrons. The molecule has 2 rings (SSSR count). The number of ether oxygens (including phenoxy) is 1. The average molecular weight is 221 g/mol. The van der Waals surface area contributed by atoms with Crippen molar-refractivity contribution in [2.75, 3.05) is 18.5 Å². The SMILES string of the molecule is Cc1cncc(NC(=O)C2COCC2N)c1. The third kappa shape index (κ3) is 2.37. The highest BCUT2D eigenvalue weighted by Gasteiger charge is 2.31. The van der Waals surface area contributed by atoms with Crippen molar-refractivity contribution in [1.29, 1.82) is 0 Å². The Morgan fingerprint density at radius 2 is 2.38 bits per heavy atom. The number of amides is 1. The summed E-state index contributed by atoms with van der Waals surface area (Å²) in [5.74, 6) is -0.363. The van der Waals surface area contributed by atoms with E-state index < -0.39 is 0 Å². The van der Waals surface area contributed by atoms with Crippen LogP contribution in [0.25, 0.3) is 0 Å². The fraction of sp³-hybridized carbons (Fsp3) is 0.455. The summed E-state index contributed by atoms with van der Waals surface area (Å²) in [6, 6.07) is 1.66. The van der Waals surface area contributed by atoms with Gasteiger partial charge in [-0.25, -0.2) is 0 Å². The van der Waals surface area contributed by atoms with Gasteiger partial charge in [0.2, 0.25) is 5.91 Å². The molecule has 0 spiro atoms. The number of anilines is 1. The number of nitrogens with one attached hydrogen (secondary N) is 1. The minimum Gasteiger partial charge on any atom is -0.379 e. The molecule has 1 aromatic heterocycles. The van der Waals surface area contributed by atoms with E-state index in [4.69, 9.17) is 10.5 Å². The summed E-state index contributed by atoms with van der Waals surface area (Å²) in [6.45, 7) is 2.77. The van der Waals surface area contributed by atoms with Crippen molar-refractivity contribution < 1.29 is 9.53 Å². The Morgan fingerprint density at radius 1 is 1.56 bits per heavy atom. The van der Waals surface area contributed by atoms with Crippen molar-refractivity contribution in [3.63, 3.8) is 0 Å². The van der Waals surface area contributed by atoms with Gasteiger partial charge in [0.05, 0.1) is 31.0 Å². The summed E-state index contributed by atoms with van der Waals surface area (Å²) < 4.78 is 5.15. The minimum atomic E-state index is -0.263. The molecule has 5 nitrogen and oxygen atoms in total. The largest absolute Gasteiger partial charge is 0.379 e. The third-order valence-corrected chi connectivity index (χ3v) is 2.60. The number of aromatic nitrogens is 1. The van der Waals surface area contributed by atoms with Crippen LogP contribution in [0, 0.1) is 12.8 Å². The zero-order chi connectivity index (χ0) is 11.5. The summed E-state index contributed by atoms with van der Waals surface area (Å²) in [5.41, 5.74) is 7.46. The number of hydrogen-bond donors (Lipinski definition) is 2. The summed E-state index contributed by atoms with van der Waals surface area (Å²) in [6.07, 6.45) is 3.35. The number of nitrogens with zero attached hydrogens (tertiary/aromatic N) is 1. The number of carbonyl (C=O) groups excluding carboxylic acids is 1. The Bertz CT molecular complexity index is 395. The number of carbonyl (C=O) groups is 1. The van der Waals surface area contributed by atoms with Gasteiger partial charge in [0.1, 0.15) is 0 Å². The highest BCUT2D eigenvalue weighted by atomic mass is 16.5. The number of pyridine rings is 1. The van der Waals surface area contributed by atoms with Gasteiger partial charge in [-0.2, -0.15) is 0 Å². The van der Waals surface area contributed by atoms with E-state index in [0.29, 0.717) is 18.9 Å². The molecular weight excluding hydrogens is 206 g/mol. The van der Waals surface area contributed by atoms with Gasteiger partial charge in [-0.05, 0) is 18.6 Å². The molecule has 1 aliphatic heterocycles. The summed E-state index contributed by atoms with van der Waals surface area (Å²) in [4.78, 5) is 15.8. The predicted molar refractivity (Wildman–Crippen MR) is 59.9 cm³/mol. The Balaban J connectivity index is 2.02. The standard InChI is InChI=1S/C11H15N3O2/c1-7-2-8(4-13-3-7)14-11(15)9-5-16-6-10(9)12/h2-4,9-10H,5-6,12H2,1H3,(H,14,15). The lowest BCUT2D eigenvalue weighted by molar-refractivity contribution is -0.120. The highest BCUT2D eigenvalue weighted by Crippen LogP contribution is 2.15. The van der Waals surface area contributed by atoms with Crippen LogP contribution < -0.4 is 11.1 Å². The van der Waals surface area contributed by atoms with Crippen LogP contribution in [0.4, 0.5) is 5.69 Å². The quantitative estimate of drug-likeness (QED) is 0.753. The molecule has 0 radical (unpaired) electrons. The van der Waals surface area contributed by atoms with E-state index in [9.17, 15) is 4.79 Å². The Kier molecular flexibility index (Phi) is 3.17. The third-order valence-electron chi connectivity index (χ3n) is 2.60. The maximum Gasteiger partial charge on any atom is 0.231 e. The molecule has 1 aliphatic rings. The van der Waals surface area contributed by atoms with Gasteiger partial charge in [0.25, 0.3) is 0 Å². The van der Waals surface area contributed by atoms with Gasteiger partial charge in [-0.3, -0.25) is 9.78 Å². The first kappa shape index (κ1) is 11.0. The second-order valence-corrected chi connectivity index (χ2v) is 4.05. The van der Waals surface area contributed by atoms with Gasteiger partial charge in [-0.15, -0.1) is 0 Å². The average Bonchev–Trinajstić information content (AvgIpc) is 2.64. The van der Waals surface area contributed by atoms with Crippen molar-refractivity contribution in [2.24, 2.45) is 11.7 Å². The second-order valence-electron chi connectivity index (χ2n) is 4.05. The van der Waals surface area contributed by atoms with E-state index in [2.05, 4.69) is 10.3 Å². The molecule has 16 heavy (non-hydrogen) atoms. The van der Waals surface area contributed by atoms with E-state index in [1.165, 1.54) is 0 Å². The lowest BCUT2D eigenvalue weighted by Gasteiger charge is -2.13. The normalized spacial score (nSPS) is 24.4. The predicted octanol–water partition coefficient (Wildman–Crippen LogP) is 0.302. The van der Waals surface area contributed by atoms with Crippen molar-refractivity contribution in [3.05, 3.63) is 24.0 Å². The van der Waals surface area contributed by atoms with Gasteiger partial charge < -0.3 is 15.8 Å². The molecule has 0 saturated carbocycles. The maximum atomic E-state index is 11.8. The summed E-state index contributed by atoms with van der Waals surface area (Å²) in [7, 11) is 0. The van der Waals surface area contributed by atoms with Crippen molar-refractivity contribution in [2.45, 2.75) is 13.0 Å². The number of hydrogen-bond acceptors (Lipinski definition) is 4. The second kappa shape index (κ2) is 4.59. The van der Waals surface area contributed by atoms with E-state index >= 15 is 0 Å². The smallest absolute Gasteiger partial charge is 0.231 e. The highest BCUT2D eigenvalue weighted by molar-refractivity contribution is 5.93. The number of aryl methyl sites for hydroxylation is 1. The van der Waals surface area contributed by atoms with Crippen LogP contribution in [0.5, 0.6) is 0 Å². The van der Waals surface area contributed by atoms with Gasteiger partial charge >= 0.3 is 0 Å². The molecule has 1 aromatic rings. The molecule has 1 saturated heterocycles. The van der Waals surface area contributed by atoms with Crippen LogP contribution in [0.15, 0.2) is 18.5 Å². The van der Waals surface area contributed by atoms with E-state index in [1.807, 2.05) is 13.0 Å². The molecule has 0 aliphatic carbocycles. The molecule has 0 bridgehead atoms. The van der Waals surface area contributed by atoms with Crippen LogP contribution in [0.2, 0.25) is 0 Å². The minimum absolute atomic E-state index is 0.0996. The Morgan fingerprint density at radius 3 is 3.00 bits per heavy atom. The lowest BCUT2D eigenvalue weighted by Crippen LogP contribution is -2.37. The van der Waals surface area contributed by atoms with Crippen molar-refractivity contribution in [1.82, 2.24) is 4.98 Å². The first-order valence-electron chi connectivity index (χ1n) is 5.22. The fourth-order valence-corrected chi connectivity index (χ4v) is 1.70. The molecule has 2 heterocycles. The topological polar surface area (TPSA) is 77.2 Å². The molecule has 5 heteroatoms. The summed E-state index contributed by atoms with van der Waals surface area (Å²) >= 11 is 0. The van der Waals surface area contributed by atoms with E-state index in [-0.39, 0.29) is 17.9 Å². The molecule has 2 unspecified atom stereocenters. The zero-order valence-electron chi connectivity index (χ0n) is 9.14. The molecule has 1 fully saturated rings. The Hall–Kier alpha value is -1.46. The monoisotopic (exact) mass is 221 g/mol. The molecule has 0 aromatic carbocycles. The van der Waals surface area contributed by atoms with Crippen molar-refractivity contribution >= 4 is 11.6 Å². The van der Waals surface area contributed by atoms with E-state index in [1.54, 1.807) is 12.4 Å². The molecular formula is C11H15N3O2. The zero-order valence-corrected chi connectivity index (χ0v) is 9.14. The molecule has 1 amide bonds. The van der Waals surface area contributed by atoms with Crippen LogP contribution in [0.3, 0.4) is 0 Å². The van der Waals surface area contributed by atoms with Gasteiger partial charge in [-0.1, -0.05) is 0 Å². The van der Waals surface area contributed by atoms with E-state index in [0.717, 1.165) is 5.56 Å². The first-order valence-corrected chi connectivity index (χ1v) is 5.22. The molecule has 2 atom stereocenters. The maximum absolute atomic E-state index is 11.8. The summed E-state index contributed by atoms with van der Waals surface area (Å²) in [5, 5.41) is 2.79. The van der Waals surface area contributed by atoms with Crippen molar-refractivity contribution in [3.8, 4) is 0 Å². The lowest BCUT2D eigenvalue weighted by atomic mass is 10.0. The van der Waals surface area contributed by atoms with Gasteiger partial charge in [0.15, 0.2) is 0 Å². The van der Waals surface area contributed by atoms with Gasteiger partial charge in [0, 0.05) is 12.2 Å². The van der Waals surface area contributed by atoms with Crippen LogP contribution >= 0.6 is 0 Å². The first-order chi connectivity index (χ1) is 7.66.